The first kappa shape index (κ1) is 19.3. The molecule has 1 aliphatic rings. The van der Waals surface area contributed by atoms with Gasteiger partial charge in [0, 0.05) is 18.8 Å². The fourth-order valence-electron chi connectivity index (χ4n) is 4.20. The molecule has 1 fully saturated rings. The molecule has 0 atom stereocenters. The van der Waals surface area contributed by atoms with E-state index >= 15 is 0 Å². The van der Waals surface area contributed by atoms with Crippen molar-refractivity contribution in [2.45, 2.75) is 44.4 Å². The third kappa shape index (κ3) is 3.22. The Balaban J connectivity index is 1.54. The van der Waals surface area contributed by atoms with Crippen LogP contribution in [0.15, 0.2) is 23.1 Å². The average molecular weight is 442 g/mol. The van der Waals surface area contributed by atoms with Gasteiger partial charge in [0.15, 0.2) is 14.0 Å². The first-order valence-corrected chi connectivity index (χ1v) is 13.6. The number of aryl methyl sites for hydroxylation is 2. The zero-order valence-electron chi connectivity index (χ0n) is 17.1. The maximum absolute atomic E-state index is 13.0. The van der Waals surface area contributed by atoms with Crippen LogP contribution in [0.4, 0.5) is 11.6 Å². The van der Waals surface area contributed by atoms with Crippen LogP contribution in [0.2, 0.25) is 18.6 Å². The average Bonchev–Trinajstić information content (AvgIpc) is 3.25. The van der Waals surface area contributed by atoms with Crippen molar-refractivity contribution in [3.05, 3.63) is 34.4 Å². The van der Waals surface area contributed by atoms with E-state index in [1.165, 1.54) is 11.7 Å². The van der Waals surface area contributed by atoms with Gasteiger partial charge < -0.3 is 10.1 Å². The smallest absolute Gasteiger partial charge is 0.330 e. The maximum atomic E-state index is 13.0. The molecule has 4 heterocycles. The Morgan fingerprint density at radius 1 is 1.23 bits per heavy atom. The van der Waals surface area contributed by atoms with Gasteiger partial charge in [-0.05, 0) is 56.1 Å². The van der Waals surface area contributed by atoms with E-state index < -0.39 is 8.32 Å². The van der Waals surface area contributed by atoms with Crippen molar-refractivity contribution in [1.82, 2.24) is 27.8 Å². The Bertz CT molecular complexity index is 1320. The molecular formula is C19H23N7O2SSi. The van der Waals surface area contributed by atoms with E-state index in [0.717, 1.165) is 47.2 Å². The second-order valence-corrected chi connectivity index (χ2v) is 12.9. The predicted molar refractivity (Wildman–Crippen MR) is 120 cm³/mol. The number of aromatic nitrogens is 6. The van der Waals surface area contributed by atoms with Crippen molar-refractivity contribution in [2.24, 2.45) is 7.05 Å². The second kappa shape index (κ2) is 6.96. The Hall–Kier alpha value is -2.63. The molecule has 0 saturated carbocycles. The monoisotopic (exact) mass is 441 g/mol. The van der Waals surface area contributed by atoms with Gasteiger partial charge in [0.25, 0.3) is 0 Å². The quantitative estimate of drug-likeness (QED) is 0.470. The van der Waals surface area contributed by atoms with Crippen molar-refractivity contribution in [3.8, 4) is 0 Å². The highest BCUT2D eigenvalue weighted by molar-refractivity contribution is 7.00. The summed E-state index contributed by atoms with van der Waals surface area (Å²) in [5, 5.41) is 3.28. The van der Waals surface area contributed by atoms with Gasteiger partial charge in [0.05, 0.1) is 17.9 Å². The van der Waals surface area contributed by atoms with Crippen LogP contribution in [0.5, 0.6) is 0 Å². The van der Waals surface area contributed by atoms with Crippen LogP contribution in [0.1, 0.15) is 24.4 Å². The molecule has 0 radical (unpaired) electrons. The van der Waals surface area contributed by atoms with E-state index in [0.29, 0.717) is 17.1 Å². The molecule has 11 heteroatoms. The second-order valence-electron chi connectivity index (χ2n) is 8.39. The molecule has 1 saturated heterocycles. The Kier molecular flexibility index (Phi) is 4.49. The van der Waals surface area contributed by atoms with Crippen LogP contribution in [0.25, 0.3) is 22.2 Å². The molecule has 0 unspecified atom stereocenters. The lowest BCUT2D eigenvalue weighted by Gasteiger charge is -2.31. The van der Waals surface area contributed by atoms with Crippen molar-refractivity contribution < 1.29 is 4.80 Å². The van der Waals surface area contributed by atoms with E-state index in [1.54, 1.807) is 22.4 Å². The largest absolute Gasteiger partial charge is 0.432 e. The lowest BCUT2D eigenvalue weighted by molar-refractivity contribution is 0.405. The minimum Gasteiger partial charge on any atom is -0.432 e. The number of nitrogens with zero attached hydrogens (tertiary/aromatic N) is 6. The first-order chi connectivity index (χ1) is 14.3. The zero-order chi connectivity index (χ0) is 21.0. The van der Waals surface area contributed by atoms with E-state index in [4.69, 9.17) is 4.98 Å². The molecule has 2 N–H and O–H groups in total. The van der Waals surface area contributed by atoms with Gasteiger partial charge >= 0.3 is 5.69 Å². The Morgan fingerprint density at radius 2 is 1.93 bits per heavy atom. The number of hydrogen-bond acceptors (Lipinski definition) is 8. The highest BCUT2D eigenvalue weighted by Crippen LogP contribution is 2.34. The van der Waals surface area contributed by atoms with E-state index in [9.17, 15) is 9.59 Å². The first-order valence-electron chi connectivity index (χ1n) is 9.99. The number of nitrogens with one attached hydrogen (secondary N) is 1. The summed E-state index contributed by atoms with van der Waals surface area (Å²) >= 11 is 1.19. The molecule has 1 aromatic carbocycles. The number of rotatable bonds is 3. The van der Waals surface area contributed by atoms with E-state index in [-0.39, 0.29) is 11.7 Å². The zero-order valence-corrected chi connectivity index (χ0v) is 18.9. The van der Waals surface area contributed by atoms with Gasteiger partial charge in [-0.15, -0.1) is 0 Å². The molecule has 5 rings (SSSR count). The van der Waals surface area contributed by atoms with Gasteiger partial charge in [-0.1, -0.05) is 0 Å². The summed E-state index contributed by atoms with van der Waals surface area (Å²) in [6.07, 6.45) is 3.30. The minimum atomic E-state index is -2.11. The molecule has 0 amide bonds. The van der Waals surface area contributed by atoms with Gasteiger partial charge in [0.1, 0.15) is 16.6 Å². The number of anilines is 2. The summed E-state index contributed by atoms with van der Waals surface area (Å²) in [5.74, 6) is 0.435. The molecule has 4 aromatic rings. The number of benzene rings is 1. The van der Waals surface area contributed by atoms with Gasteiger partial charge in [-0.25, -0.2) is 9.78 Å². The number of imidazole rings is 1. The van der Waals surface area contributed by atoms with Crippen LogP contribution >= 0.6 is 11.7 Å². The summed E-state index contributed by atoms with van der Waals surface area (Å²) in [6.45, 7) is 3.99. The molecule has 156 valence electrons. The van der Waals surface area contributed by atoms with Gasteiger partial charge in [0.2, 0.25) is 5.95 Å². The van der Waals surface area contributed by atoms with Crippen molar-refractivity contribution in [1.29, 1.82) is 0 Å². The molecule has 0 spiro atoms. The standard InChI is InChI=1S/C19H23N7O2SSi/c1-11-8-14-15(24-29-23-14)9-13(11)21-18-20-10-16-17(22-18)26(19(27)25(16)2)12-4-6-30(3,28)7-5-12/h8-10,12,28H,4-7H2,1-3H3,(H,20,21,22). The fraction of sp³-hybridized carbons (Fsp3) is 0.421. The summed E-state index contributed by atoms with van der Waals surface area (Å²) in [6, 6.07) is 5.58. The van der Waals surface area contributed by atoms with Crippen LogP contribution in [-0.4, -0.2) is 41.0 Å². The highest BCUT2D eigenvalue weighted by Gasteiger charge is 2.34. The summed E-state index contributed by atoms with van der Waals surface area (Å²) in [5.41, 5.74) is 4.81. The van der Waals surface area contributed by atoms with Crippen molar-refractivity contribution in [2.75, 3.05) is 5.32 Å². The number of hydrogen-bond donors (Lipinski definition) is 2. The minimum absolute atomic E-state index is 0.0517. The molecule has 3 aromatic heterocycles. The SMILES string of the molecule is Cc1cc2nsnc2cc1Nc1ncc2c(n1)n(C1CC[Si](C)(O)CC1)c(=O)n2C. The summed E-state index contributed by atoms with van der Waals surface area (Å²) < 4.78 is 12.0. The summed E-state index contributed by atoms with van der Waals surface area (Å²) in [4.78, 5) is 32.5. The maximum Gasteiger partial charge on any atom is 0.330 e. The van der Waals surface area contributed by atoms with Crippen molar-refractivity contribution in [3.63, 3.8) is 0 Å². The highest BCUT2D eigenvalue weighted by atomic mass is 32.1. The third-order valence-corrected chi connectivity index (χ3v) is 9.36. The Labute approximate surface area is 177 Å². The van der Waals surface area contributed by atoms with E-state index in [1.807, 2.05) is 25.6 Å². The molecule has 9 nitrogen and oxygen atoms in total. The lowest BCUT2D eigenvalue weighted by atomic mass is 10.1. The van der Waals surface area contributed by atoms with Crippen molar-refractivity contribution >= 4 is 53.9 Å². The van der Waals surface area contributed by atoms with Crippen LogP contribution in [-0.2, 0) is 7.05 Å². The van der Waals surface area contributed by atoms with Gasteiger partial charge in [-0.2, -0.15) is 13.7 Å². The molecule has 0 aliphatic carbocycles. The molecule has 1 aliphatic heterocycles. The summed E-state index contributed by atoms with van der Waals surface area (Å²) in [7, 11) is -0.357. The third-order valence-electron chi connectivity index (χ3n) is 6.08. The fourth-order valence-corrected chi connectivity index (χ4v) is 6.87. The van der Waals surface area contributed by atoms with Crippen LogP contribution < -0.4 is 11.0 Å². The predicted octanol–water partition coefficient (Wildman–Crippen LogP) is 3.09. The molecule has 30 heavy (non-hydrogen) atoms. The van der Waals surface area contributed by atoms with Gasteiger partial charge in [-0.3, -0.25) is 9.13 Å². The van der Waals surface area contributed by atoms with E-state index in [2.05, 4.69) is 19.0 Å². The topological polar surface area (TPSA) is 111 Å². The normalized spacial score (nSPS) is 22.1. The lowest BCUT2D eigenvalue weighted by Crippen LogP contribution is -2.37. The Morgan fingerprint density at radius 3 is 2.67 bits per heavy atom. The number of fused-ring (bicyclic) bond motifs is 2. The molecular weight excluding hydrogens is 418 g/mol. The van der Waals surface area contributed by atoms with Crippen LogP contribution in [0, 0.1) is 6.92 Å². The van der Waals surface area contributed by atoms with Crippen LogP contribution in [0.3, 0.4) is 0 Å². The molecule has 0 bridgehead atoms.